The maximum absolute atomic E-state index is 12.6. The van der Waals surface area contributed by atoms with Gasteiger partial charge in [0, 0.05) is 29.1 Å². The largest absolute Gasteiger partial charge is 0.476 e. The first kappa shape index (κ1) is 19.0. The SMILES string of the molecule is O=c1oc2c3c(c(Cl)cc2c2c1CCCC2)OCN(CCc1ccc(Cl)cc1)C3. The summed E-state index contributed by atoms with van der Waals surface area (Å²) in [4.78, 5) is 14.8. The molecule has 0 bridgehead atoms. The van der Waals surface area contributed by atoms with Crippen LogP contribution in [-0.2, 0) is 25.8 Å². The number of nitrogens with zero attached hydrogens (tertiary/aromatic N) is 1. The van der Waals surface area contributed by atoms with Crippen molar-refractivity contribution >= 4 is 34.2 Å². The molecule has 5 rings (SSSR count). The lowest BCUT2D eigenvalue weighted by Gasteiger charge is -2.30. The van der Waals surface area contributed by atoms with Crippen LogP contribution in [0, 0.1) is 0 Å². The van der Waals surface area contributed by atoms with Gasteiger partial charge >= 0.3 is 5.63 Å². The minimum Gasteiger partial charge on any atom is -0.476 e. The second-order valence-electron chi connectivity index (χ2n) is 7.80. The summed E-state index contributed by atoms with van der Waals surface area (Å²) in [5.74, 6) is 0.640. The van der Waals surface area contributed by atoms with Crippen molar-refractivity contribution in [2.75, 3.05) is 13.3 Å². The van der Waals surface area contributed by atoms with Crippen molar-refractivity contribution in [1.29, 1.82) is 0 Å². The van der Waals surface area contributed by atoms with E-state index in [0.717, 1.165) is 65.7 Å². The second kappa shape index (κ2) is 7.67. The maximum atomic E-state index is 12.6. The molecule has 1 aliphatic heterocycles. The van der Waals surface area contributed by atoms with Gasteiger partial charge < -0.3 is 9.15 Å². The Kier molecular flexibility index (Phi) is 5.02. The molecule has 0 unspecified atom stereocenters. The highest BCUT2D eigenvalue weighted by molar-refractivity contribution is 6.33. The van der Waals surface area contributed by atoms with Crippen LogP contribution in [-0.4, -0.2) is 18.2 Å². The van der Waals surface area contributed by atoms with E-state index in [-0.39, 0.29) is 5.63 Å². The van der Waals surface area contributed by atoms with E-state index in [0.29, 0.717) is 29.6 Å². The molecular weight excluding hydrogens is 409 g/mol. The predicted molar refractivity (Wildman–Crippen MR) is 115 cm³/mol. The summed E-state index contributed by atoms with van der Waals surface area (Å²) in [5.41, 5.74) is 4.43. The average Bonchev–Trinajstić information content (AvgIpc) is 2.74. The molecule has 1 aliphatic carbocycles. The van der Waals surface area contributed by atoms with E-state index >= 15 is 0 Å². The lowest BCUT2D eigenvalue weighted by molar-refractivity contribution is 0.0968. The molecule has 29 heavy (non-hydrogen) atoms. The number of ether oxygens (including phenoxy) is 1. The molecule has 0 saturated carbocycles. The summed E-state index contributed by atoms with van der Waals surface area (Å²) in [6.45, 7) is 1.92. The molecule has 0 saturated heterocycles. The molecule has 0 spiro atoms. The van der Waals surface area contributed by atoms with Gasteiger partial charge in [0.2, 0.25) is 0 Å². The van der Waals surface area contributed by atoms with E-state index in [2.05, 4.69) is 4.90 Å². The number of hydrogen-bond acceptors (Lipinski definition) is 4. The van der Waals surface area contributed by atoms with Crippen LogP contribution in [0.5, 0.6) is 5.75 Å². The van der Waals surface area contributed by atoms with Crippen LogP contribution in [0.15, 0.2) is 39.5 Å². The number of aryl methyl sites for hydroxylation is 1. The Hall–Kier alpha value is -2.01. The van der Waals surface area contributed by atoms with Crippen LogP contribution in [0.25, 0.3) is 11.0 Å². The van der Waals surface area contributed by atoms with E-state index in [1.807, 2.05) is 30.3 Å². The molecule has 0 radical (unpaired) electrons. The number of hydrogen-bond donors (Lipinski definition) is 0. The fourth-order valence-corrected chi connectivity index (χ4v) is 4.80. The summed E-state index contributed by atoms with van der Waals surface area (Å²) in [5, 5.41) is 2.29. The zero-order valence-corrected chi connectivity index (χ0v) is 17.5. The Morgan fingerprint density at radius 1 is 1.00 bits per heavy atom. The summed E-state index contributed by atoms with van der Waals surface area (Å²) in [6, 6.07) is 9.80. The topological polar surface area (TPSA) is 42.7 Å². The lowest BCUT2D eigenvalue weighted by atomic mass is 9.90. The van der Waals surface area contributed by atoms with Crippen molar-refractivity contribution in [1.82, 2.24) is 4.90 Å². The maximum Gasteiger partial charge on any atom is 0.339 e. The molecule has 0 atom stereocenters. The fourth-order valence-electron chi connectivity index (χ4n) is 4.40. The smallest absolute Gasteiger partial charge is 0.339 e. The zero-order chi connectivity index (χ0) is 20.0. The third-order valence-corrected chi connectivity index (χ3v) is 6.45. The van der Waals surface area contributed by atoms with Gasteiger partial charge in [0.1, 0.15) is 18.1 Å². The highest BCUT2D eigenvalue weighted by Gasteiger charge is 2.27. The van der Waals surface area contributed by atoms with Gasteiger partial charge in [-0.05, 0) is 61.4 Å². The van der Waals surface area contributed by atoms with Crippen LogP contribution in [0.3, 0.4) is 0 Å². The Morgan fingerprint density at radius 2 is 1.76 bits per heavy atom. The number of halogens is 2. The van der Waals surface area contributed by atoms with Crippen LogP contribution >= 0.6 is 23.2 Å². The summed E-state index contributed by atoms with van der Waals surface area (Å²) < 4.78 is 11.8. The van der Waals surface area contributed by atoms with Crippen LogP contribution in [0.4, 0.5) is 0 Å². The first-order chi connectivity index (χ1) is 14.1. The molecule has 2 aromatic carbocycles. The molecule has 6 heteroatoms. The van der Waals surface area contributed by atoms with Gasteiger partial charge in [-0.15, -0.1) is 0 Å². The van der Waals surface area contributed by atoms with Gasteiger partial charge in [0.25, 0.3) is 0 Å². The van der Waals surface area contributed by atoms with Crippen LogP contribution < -0.4 is 10.4 Å². The average molecular weight is 430 g/mol. The standard InChI is InChI=1S/C23H21Cl2NO3/c24-15-7-5-14(6-8-15)9-10-26-12-19-21-18(11-20(25)22(19)28-13-26)16-3-1-2-4-17(16)23(27)29-21/h5-8,11H,1-4,9-10,12-13H2. The molecule has 0 fully saturated rings. The first-order valence-corrected chi connectivity index (χ1v) is 10.8. The van der Waals surface area contributed by atoms with Crippen molar-refractivity contribution in [2.24, 2.45) is 0 Å². The van der Waals surface area contributed by atoms with Gasteiger partial charge in [-0.25, -0.2) is 4.79 Å². The number of benzene rings is 2. The summed E-state index contributed by atoms with van der Waals surface area (Å²) >= 11 is 12.5. The third kappa shape index (κ3) is 3.54. The van der Waals surface area contributed by atoms with Crippen molar-refractivity contribution in [3.63, 3.8) is 0 Å². The highest BCUT2D eigenvalue weighted by Crippen LogP contribution is 2.40. The van der Waals surface area contributed by atoms with Gasteiger partial charge in [0.15, 0.2) is 0 Å². The quantitative estimate of drug-likeness (QED) is 0.524. The predicted octanol–water partition coefficient (Wildman–Crippen LogP) is 5.37. The van der Waals surface area contributed by atoms with Crippen molar-refractivity contribution in [2.45, 2.75) is 38.6 Å². The monoisotopic (exact) mass is 429 g/mol. The molecular formula is C23H21Cl2NO3. The van der Waals surface area contributed by atoms with Gasteiger partial charge in [-0.2, -0.15) is 0 Å². The van der Waals surface area contributed by atoms with Gasteiger partial charge in [-0.3, -0.25) is 4.90 Å². The molecule has 0 amide bonds. The summed E-state index contributed by atoms with van der Waals surface area (Å²) in [7, 11) is 0. The molecule has 2 aliphatic rings. The molecule has 1 aromatic heterocycles. The number of rotatable bonds is 3. The zero-order valence-electron chi connectivity index (χ0n) is 16.0. The minimum absolute atomic E-state index is 0.213. The van der Waals surface area contributed by atoms with Gasteiger partial charge in [0.05, 0.1) is 10.6 Å². The highest BCUT2D eigenvalue weighted by atomic mass is 35.5. The molecule has 150 valence electrons. The molecule has 4 nitrogen and oxygen atoms in total. The normalized spacial score (nSPS) is 16.3. The van der Waals surface area contributed by atoms with Crippen LogP contribution in [0.2, 0.25) is 10.0 Å². The van der Waals surface area contributed by atoms with Gasteiger partial charge in [-0.1, -0.05) is 35.3 Å². The molecule has 0 N–H and O–H groups in total. The molecule has 3 aromatic rings. The van der Waals surface area contributed by atoms with Crippen LogP contribution in [0.1, 0.15) is 35.1 Å². The summed E-state index contributed by atoms with van der Waals surface area (Å²) in [6.07, 6.45) is 4.68. The minimum atomic E-state index is -0.213. The van der Waals surface area contributed by atoms with E-state index in [1.165, 1.54) is 5.56 Å². The van der Waals surface area contributed by atoms with E-state index in [1.54, 1.807) is 0 Å². The lowest BCUT2D eigenvalue weighted by Crippen LogP contribution is -2.34. The van der Waals surface area contributed by atoms with E-state index in [4.69, 9.17) is 32.4 Å². The Balaban J connectivity index is 1.48. The van der Waals surface area contributed by atoms with E-state index in [9.17, 15) is 4.79 Å². The third-order valence-electron chi connectivity index (χ3n) is 5.92. The Morgan fingerprint density at radius 3 is 2.55 bits per heavy atom. The second-order valence-corrected chi connectivity index (χ2v) is 8.64. The van der Waals surface area contributed by atoms with Crippen molar-refractivity contribution < 1.29 is 9.15 Å². The molecule has 2 heterocycles. The van der Waals surface area contributed by atoms with E-state index < -0.39 is 0 Å². The van der Waals surface area contributed by atoms with Crippen molar-refractivity contribution in [3.8, 4) is 5.75 Å². The number of fused-ring (bicyclic) bond motifs is 5. The van der Waals surface area contributed by atoms with Crippen molar-refractivity contribution in [3.05, 3.63) is 73.1 Å². The first-order valence-electron chi connectivity index (χ1n) is 9.99. The Bertz CT molecular complexity index is 1140. The Labute approximate surface area is 179 Å². The fraction of sp³-hybridized carbons (Fsp3) is 0.348.